The van der Waals surface area contributed by atoms with Crippen molar-refractivity contribution in [3.63, 3.8) is 0 Å². The first-order chi connectivity index (χ1) is 10.7. The van der Waals surface area contributed by atoms with Crippen LogP contribution in [0.1, 0.15) is 11.4 Å². The van der Waals surface area contributed by atoms with E-state index >= 15 is 0 Å². The van der Waals surface area contributed by atoms with Crippen LogP contribution in [0.5, 0.6) is 0 Å². The van der Waals surface area contributed by atoms with Crippen LogP contribution in [-0.2, 0) is 0 Å². The molecule has 4 aromatic rings. The molecular formula is C18H16N4. The third kappa shape index (κ3) is 2.09. The Morgan fingerprint density at radius 1 is 0.955 bits per heavy atom. The van der Waals surface area contributed by atoms with Gasteiger partial charge in [-0.25, -0.2) is 9.67 Å². The van der Waals surface area contributed by atoms with Crippen LogP contribution in [0.15, 0.2) is 54.6 Å². The highest BCUT2D eigenvalue weighted by Gasteiger charge is 2.07. The fraction of sp³-hybridized carbons (Fsp3) is 0.111. The normalized spacial score (nSPS) is 11.2. The number of hydrogen-bond donors (Lipinski definition) is 1. The van der Waals surface area contributed by atoms with Gasteiger partial charge in [0, 0.05) is 11.3 Å². The highest BCUT2D eigenvalue weighted by molar-refractivity contribution is 5.79. The van der Waals surface area contributed by atoms with Crippen LogP contribution < -0.4 is 0 Å². The summed E-state index contributed by atoms with van der Waals surface area (Å²) in [6.45, 7) is 4.07. The van der Waals surface area contributed by atoms with E-state index in [1.54, 1.807) is 0 Å². The van der Waals surface area contributed by atoms with Crippen LogP contribution >= 0.6 is 0 Å². The quantitative estimate of drug-likeness (QED) is 0.605. The third-order valence-corrected chi connectivity index (χ3v) is 3.78. The van der Waals surface area contributed by atoms with Gasteiger partial charge in [-0.1, -0.05) is 12.1 Å². The van der Waals surface area contributed by atoms with E-state index in [-0.39, 0.29) is 0 Å². The van der Waals surface area contributed by atoms with E-state index in [2.05, 4.69) is 52.3 Å². The molecule has 0 fully saturated rings. The number of fused-ring (bicyclic) bond motifs is 1. The molecule has 0 saturated carbocycles. The maximum atomic E-state index is 4.63. The Bertz CT molecular complexity index is 912. The topological polar surface area (TPSA) is 46.5 Å². The molecule has 4 heteroatoms. The average Bonchev–Trinajstić information content (AvgIpc) is 3.10. The minimum atomic E-state index is 0.890. The predicted molar refractivity (Wildman–Crippen MR) is 88.1 cm³/mol. The molecule has 0 bridgehead atoms. The van der Waals surface area contributed by atoms with Crippen LogP contribution in [0.25, 0.3) is 28.1 Å². The zero-order chi connectivity index (χ0) is 15.1. The van der Waals surface area contributed by atoms with Crippen LogP contribution in [0.3, 0.4) is 0 Å². The summed E-state index contributed by atoms with van der Waals surface area (Å²) in [6, 6.07) is 18.4. The Kier molecular flexibility index (Phi) is 2.82. The Labute approximate surface area is 128 Å². The minimum Gasteiger partial charge on any atom is -0.338 e. The summed E-state index contributed by atoms with van der Waals surface area (Å²) in [5.74, 6) is 0.890. The molecule has 0 radical (unpaired) electrons. The number of nitrogens with one attached hydrogen (secondary N) is 1. The molecule has 2 aromatic heterocycles. The van der Waals surface area contributed by atoms with E-state index in [1.807, 2.05) is 35.9 Å². The van der Waals surface area contributed by atoms with Crippen LogP contribution in [0, 0.1) is 13.8 Å². The molecule has 22 heavy (non-hydrogen) atoms. The molecule has 0 unspecified atom stereocenters. The fourth-order valence-corrected chi connectivity index (χ4v) is 2.74. The molecule has 108 valence electrons. The summed E-state index contributed by atoms with van der Waals surface area (Å²) in [5, 5.41) is 4.51. The molecule has 0 aliphatic heterocycles. The fourth-order valence-electron chi connectivity index (χ4n) is 2.74. The number of imidazole rings is 1. The van der Waals surface area contributed by atoms with E-state index in [4.69, 9.17) is 0 Å². The number of rotatable bonds is 2. The lowest BCUT2D eigenvalue weighted by Gasteiger charge is -2.05. The number of benzene rings is 2. The first-order valence-corrected chi connectivity index (χ1v) is 7.29. The maximum absolute atomic E-state index is 4.63. The van der Waals surface area contributed by atoms with Gasteiger partial charge >= 0.3 is 0 Å². The van der Waals surface area contributed by atoms with Gasteiger partial charge in [0.05, 0.1) is 22.4 Å². The van der Waals surface area contributed by atoms with Gasteiger partial charge in [-0.15, -0.1) is 0 Å². The molecule has 2 heterocycles. The summed E-state index contributed by atoms with van der Waals surface area (Å²) in [5.41, 5.74) is 6.33. The lowest BCUT2D eigenvalue weighted by molar-refractivity contribution is 0.834. The predicted octanol–water partition coefficient (Wildman–Crippen LogP) is 4.03. The second-order valence-electron chi connectivity index (χ2n) is 5.49. The van der Waals surface area contributed by atoms with Crippen molar-refractivity contribution < 1.29 is 0 Å². The van der Waals surface area contributed by atoms with Crippen molar-refractivity contribution in [2.24, 2.45) is 0 Å². The third-order valence-electron chi connectivity index (χ3n) is 3.78. The zero-order valence-electron chi connectivity index (χ0n) is 12.5. The molecule has 0 aliphatic rings. The molecule has 2 aromatic carbocycles. The summed E-state index contributed by atoms with van der Waals surface area (Å²) < 4.78 is 1.96. The van der Waals surface area contributed by atoms with E-state index in [0.29, 0.717) is 0 Å². The van der Waals surface area contributed by atoms with Crippen molar-refractivity contribution >= 4 is 11.0 Å². The standard InChI is InChI=1S/C18H16N4/c1-12-11-13(2)22(21-12)15-9-7-14(8-10-15)18-19-16-5-3-4-6-17(16)20-18/h3-11H,1-2H3,(H,19,20). The smallest absolute Gasteiger partial charge is 0.138 e. The molecule has 0 spiro atoms. The van der Waals surface area contributed by atoms with Crippen molar-refractivity contribution in [2.75, 3.05) is 0 Å². The number of para-hydroxylation sites is 2. The Balaban J connectivity index is 1.73. The first-order valence-electron chi connectivity index (χ1n) is 7.29. The number of aromatic nitrogens is 4. The van der Waals surface area contributed by atoms with E-state index in [0.717, 1.165) is 39.5 Å². The zero-order valence-corrected chi connectivity index (χ0v) is 12.5. The molecule has 1 N–H and O–H groups in total. The Hall–Kier alpha value is -2.88. The molecule has 4 nitrogen and oxygen atoms in total. The van der Waals surface area contributed by atoms with Crippen molar-refractivity contribution in [3.05, 3.63) is 66.0 Å². The summed E-state index contributed by atoms with van der Waals surface area (Å²) >= 11 is 0. The maximum Gasteiger partial charge on any atom is 0.138 e. The van der Waals surface area contributed by atoms with Crippen molar-refractivity contribution in [1.82, 2.24) is 19.7 Å². The van der Waals surface area contributed by atoms with Crippen LogP contribution in [0.4, 0.5) is 0 Å². The van der Waals surface area contributed by atoms with Gasteiger partial charge in [-0.2, -0.15) is 5.10 Å². The summed E-state index contributed by atoms with van der Waals surface area (Å²) in [6.07, 6.45) is 0. The van der Waals surface area contributed by atoms with E-state index in [9.17, 15) is 0 Å². The minimum absolute atomic E-state index is 0.890. The van der Waals surface area contributed by atoms with Gasteiger partial charge in [0.25, 0.3) is 0 Å². The van der Waals surface area contributed by atoms with Crippen LogP contribution in [-0.4, -0.2) is 19.7 Å². The largest absolute Gasteiger partial charge is 0.338 e. The van der Waals surface area contributed by atoms with E-state index in [1.165, 1.54) is 0 Å². The molecule has 0 aliphatic carbocycles. The van der Waals surface area contributed by atoms with Gasteiger partial charge in [-0.3, -0.25) is 0 Å². The average molecular weight is 288 g/mol. The highest BCUT2D eigenvalue weighted by atomic mass is 15.3. The van der Waals surface area contributed by atoms with Crippen molar-refractivity contribution in [3.8, 4) is 17.1 Å². The Morgan fingerprint density at radius 2 is 1.73 bits per heavy atom. The van der Waals surface area contributed by atoms with E-state index < -0.39 is 0 Å². The van der Waals surface area contributed by atoms with Gasteiger partial charge in [0.1, 0.15) is 5.82 Å². The Morgan fingerprint density at radius 3 is 2.41 bits per heavy atom. The number of H-pyrrole nitrogens is 1. The number of hydrogen-bond acceptors (Lipinski definition) is 2. The lowest BCUT2D eigenvalue weighted by atomic mass is 10.2. The summed E-state index contributed by atoms with van der Waals surface area (Å²) in [4.78, 5) is 7.98. The molecule has 0 saturated heterocycles. The lowest BCUT2D eigenvalue weighted by Crippen LogP contribution is -1.98. The molecule has 0 atom stereocenters. The monoisotopic (exact) mass is 288 g/mol. The number of nitrogens with zero attached hydrogens (tertiary/aromatic N) is 3. The number of aromatic amines is 1. The SMILES string of the molecule is Cc1cc(C)n(-c2ccc(-c3nc4ccccc4[nH]3)cc2)n1. The van der Waals surface area contributed by atoms with Gasteiger partial charge in [-0.05, 0) is 56.3 Å². The number of aryl methyl sites for hydroxylation is 2. The molecular weight excluding hydrogens is 272 g/mol. The van der Waals surface area contributed by atoms with Crippen molar-refractivity contribution in [1.29, 1.82) is 0 Å². The second kappa shape index (κ2) is 4.84. The van der Waals surface area contributed by atoms with Crippen molar-refractivity contribution in [2.45, 2.75) is 13.8 Å². The highest BCUT2D eigenvalue weighted by Crippen LogP contribution is 2.22. The second-order valence-corrected chi connectivity index (χ2v) is 5.49. The summed E-state index contributed by atoms with van der Waals surface area (Å²) in [7, 11) is 0. The van der Waals surface area contributed by atoms with Gasteiger partial charge in [0.2, 0.25) is 0 Å². The van der Waals surface area contributed by atoms with Gasteiger partial charge < -0.3 is 4.98 Å². The molecule has 4 rings (SSSR count). The first kappa shape index (κ1) is 12.8. The molecule has 0 amide bonds. The van der Waals surface area contributed by atoms with Crippen LogP contribution in [0.2, 0.25) is 0 Å². The van der Waals surface area contributed by atoms with Gasteiger partial charge in [0.15, 0.2) is 0 Å².